The van der Waals surface area contributed by atoms with Crippen LogP contribution in [0.2, 0.25) is 0 Å². The van der Waals surface area contributed by atoms with Gasteiger partial charge in [0.05, 0.1) is 11.8 Å². The van der Waals surface area contributed by atoms with Crippen LogP contribution in [0.1, 0.15) is 19.2 Å². The Morgan fingerprint density at radius 3 is 2.71 bits per heavy atom. The number of benzene rings is 1. The number of hydrogen-bond acceptors (Lipinski definition) is 3. The first-order valence-corrected chi connectivity index (χ1v) is 8.06. The maximum absolute atomic E-state index is 9.88. The highest BCUT2D eigenvalue weighted by molar-refractivity contribution is 9.10. The topological polar surface area (TPSA) is 50.1 Å². The average Bonchev–Trinajstić information content (AvgIpc) is 2.85. The number of aryl methyl sites for hydroxylation is 2. The van der Waals surface area contributed by atoms with E-state index in [1.807, 2.05) is 36.9 Å². The highest BCUT2D eigenvalue weighted by Gasteiger charge is 2.10. The van der Waals surface area contributed by atoms with E-state index in [-0.39, 0.29) is 6.10 Å². The van der Waals surface area contributed by atoms with Gasteiger partial charge in [-0.2, -0.15) is 0 Å². The predicted molar refractivity (Wildman–Crippen MR) is 89.2 cm³/mol. The lowest BCUT2D eigenvalue weighted by molar-refractivity contribution is 0.162. The fourth-order valence-corrected chi connectivity index (χ4v) is 2.47. The lowest BCUT2D eigenvalue weighted by atomic mass is 10.2. The number of likely N-dealkylation sites (N-methyl/N-ethyl adjacent to an activating group) is 1. The Labute approximate surface area is 134 Å². The third-order valence-corrected chi connectivity index (χ3v) is 3.97. The molecule has 5 heteroatoms. The van der Waals surface area contributed by atoms with Crippen LogP contribution in [-0.2, 0) is 13.5 Å². The normalized spacial score (nSPS) is 12.6. The molecule has 0 amide bonds. The van der Waals surface area contributed by atoms with E-state index < -0.39 is 0 Å². The molecule has 0 radical (unpaired) electrons. The van der Waals surface area contributed by atoms with E-state index in [2.05, 4.69) is 38.4 Å². The van der Waals surface area contributed by atoms with Crippen molar-refractivity contribution in [3.63, 3.8) is 0 Å². The molecule has 0 aliphatic carbocycles. The fourth-order valence-electron chi connectivity index (χ4n) is 2.21. The summed E-state index contributed by atoms with van der Waals surface area (Å²) in [6, 6.07) is 8.14. The molecule has 0 aliphatic heterocycles. The van der Waals surface area contributed by atoms with Gasteiger partial charge >= 0.3 is 0 Å². The van der Waals surface area contributed by atoms with Crippen LogP contribution in [0.3, 0.4) is 0 Å². The van der Waals surface area contributed by atoms with Gasteiger partial charge in [-0.15, -0.1) is 0 Å². The lowest BCUT2D eigenvalue weighted by Crippen LogP contribution is -2.27. The van der Waals surface area contributed by atoms with Gasteiger partial charge in [-0.1, -0.05) is 35.0 Å². The number of nitrogens with zero attached hydrogens (tertiary/aromatic N) is 2. The van der Waals surface area contributed by atoms with E-state index >= 15 is 0 Å². The molecule has 0 fully saturated rings. The summed E-state index contributed by atoms with van der Waals surface area (Å²) < 4.78 is 3.10. The maximum Gasteiger partial charge on any atom is 0.109 e. The van der Waals surface area contributed by atoms with Crippen LogP contribution in [0, 0.1) is 0 Å². The molecule has 2 rings (SSSR count). The number of imidazole rings is 1. The molecular formula is C16H22BrN3O. The van der Waals surface area contributed by atoms with Crippen molar-refractivity contribution in [3.05, 3.63) is 40.8 Å². The second kappa shape index (κ2) is 7.73. The zero-order valence-corrected chi connectivity index (χ0v) is 14.1. The summed E-state index contributed by atoms with van der Waals surface area (Å²) in [6.45, 7) is 3.56. The standard InChI is InChI=1S/C16H22BrN3O/c1-3-18-10-14(21)8-9-16-19-15(11-20(16)2)12-4-6-13(17)7-5-12/h4-7,11,14,18,21H,3,8-10H2,1-2H3. The Morgan fingerprint density at radius 2 is 2.05 bits per heavy atom. The first kappa shape index (κ1) is 16.2. The predicted octanol–water partition coefficient (Wildman–Crippen LogP) is 2.75. The van der Waals surface area contributed by atoms with Gasteiger partial charge in [0.1, 0.15) is 5.82 Å². The van der Waals surface area contributed by atoms with Crippen molar-refractivity contribution in [1.29, 1.82) is 0 Å². The minimum atomic E-state index is -0.321. The van der Waals surface area contributed by atoms with Gasteiger partial charge in [0.25, 0.3) is 0 Å². The van der Waals surface area contributed by atoms with Gasteiger partial charge in [-0.3, -0.25) is 0 Å². The first-order valence-electron chi connectivity index (χ1n) is 7.27. The average molecular weight is 352 g/mol. The molecule has 0 aliphatic rings. The largest absolute Gasteiger partial charge is 0.392 e. The molecule has 1 atom stereocenters. The number of aromatic nitrogens is 2. The molecule has 21 heavy (non-hydrogen) atoms. The van der Waals surface area contributed by atoms with E-state index in [4.69, 9.17) is 0 Å². The van der Waals surface area contributed by atoms with Crippen molar-refractivity contribution < 1.29 is 5.11 Å². The van der Waals surface area contributed by atoms with Crippen LogP contribution in [0.5, 0.6) is 0 Å². The smallest absolute Gasteiger partial charge is 0.109 e. The van der Waals surface area contributed by atoms with Crippen molar-refractivity contribution in [1.82, 2.24) is 14.9 Å². The Bertz CT molecular complexity index is 565. The first-order chi connectivity index (χ1) is 10.1. The third kappa shape index (κ3) is 4.66. The van der Waals surface area contributed by atoms with Gasteiger partial charge in [0, 0.05) is 36.2 Å². The number of halogens is 1. The van der Waals surface area contributed by atoms with Gasteiger partial charge in [-0.05, 0) is 25.1 Å². The summed E-state index contributed by atoms with van der Waals surface area (Å²) >= 11 is 3.44. The van der Waals surface area contributed by atoms with Crippen LogP contribution < -0.4 is 5.32 Å². The molecule has 2 N–H and O–H groups in total. The van der Waals surface area contributed by atoms with Crippen LogP contribution in [0.25, 0.3) is 11.3 Å². The molecule has 114 valence electrons. The summed E-state index contributed by atoms with van der Waals surface area (Å²) in [5, 5.41) is 13.0. The summed E-state index contributed by atoms with van der Waals surface area (Å²) in [4.78, 5) is 4.68. The van der Waals surface area contributed by atoms with Crippen LogP contribution in [-0.4, -0.2) is 33.9 Å². The summed E-state index contributed by atoms with van der Waals surface area (Å²) in [5.41, 5.74) is 2.08. The molecule has 1 unspecified atom stereocenters. The number of aliphatic hydroxyl groups is 1. The van der Waals surface area contributed by atoms with Crippen LogP contribution in [0.15, 0.2) is 34.9 Å². The van der Waals surface area contributed by atoms with Crippen molar-refractivity contribution in [2.24, 2.45) is 7.05 Å². The minimum absolute atomic E-state index is 0.321. The fraction of sp³-hybridized carbons (Fsp3) is 0.438. The van der Waals surface area contributed by atoms with Crippen molar-refractivity contribution >= 4 is 15.9 Å². The van der Waals surface area contributed by atoms with Crippen molar-refractivity contribution in [3.8, 4) is 11.3 Å². The van der Waals surface area contributed by atoms with E-state index in [1.54, 1.807) is 0 Å². The molecule has 4 nitrogen and oxygen atoms in total. The molecule has 2 aromatic rings. The van der Waals surface area contributed by atoms with Crippen LogP contribution in [0.4, 0.5) is 0 Å². The number of nitrogens with one attached hydrogen (secondary N) is 1. The second-order valence-electron chi connectivity index (χ2n) is 5.16. The maximum atomic E-state index is 9.88. The van der Waals surface area contributed by atoms with Crippen LogP contribution >= 0.6 is 15.9 Å². The van der Waals surface area contributed by atoms with Gasteiger partial charge in [0.2, 0.25) is 0 Å². The summed E-state index contributed by atoms with van der Waals surface area (Å²) in [7, 11) is 2.00. The van der Waals surface area contributed by atoms with Crippen molar-refractivity contribution in [2.75, 3.05) is 13.1 Å². The van der Waals surface area contributed by atoms with E-state index in [0.29, 0.717) is 6.54 Å². The summed E-state index contributed by atoms with van der Waals surface area (Å²) in [6.07, 6.45) is 3.21. The van der Waals surface area contributed by atoms with Gasteiger partial charge < -0.3 is 15.0 Å². The summed E-state index contributed by atoms with van der Waals surface area (Å²) in [5.74, 6) is 1.00. The zero-order valence-electron chi connectivity index (χ0n) is 12.5. The van der Waals surface area contributed by atoms with E-state index in [0.717, 1.165) is 40.9 Å². The Hall–Kier alpha value is -1.17. The molecule has 0 bridgehead atoms. The SMILES string of the molecule is CCNCC(O)CCc1nc(-c2ccc(Br)cc2)cn1C. The Kier molecular flexibility index (Phi) is 5.96. The quantitative estimate of drug-likeness (QED) is 0.806. The number of aliphatic hydroxyl groups excluding tert-OH is 1. The Balaban J connectivity index is 2.00. The highest BCUT2D eigenvalue weighted by atomic mass is 79.9. The molecule has 0 saturated heterocycles. The molecule has 1 aromatic carbocycles. The number of rotatable bonds is 7. The molecule has 0 spiro atoms. The second-order valence-corrected chi connectivity index (χ2v) is 6.08. The monoisotopic (exact) mass is 351 g/mol. The minimum Gasteiger partial charge on any atom is -0.392 e. The van der Waals surface area contributed by atoms with Crippen molar-refractivity contribution in [2.45, 2.75) is 25.9 Å². The zero-order chi connectivity index (χ0) is 15.2. The number of hydrogen-bond donors (Lipinski definition) is 2. The molecule has 1 aromatic heterocycles. The molecule has 0 saturated carbocycles. The molecule has 1 heterocycles. The van der Waals surface area contributed by atoms with E-state index in [1.165, 1.54) is 0 Å². The third-order valence-electron chi connectivity index (χ3n) is 3.44. The van der Waals surface area contributed by atoms with Gasteiger partial charge in [0.15, 0.2) is 0 Å². The lowest BCUT2D eigenvalue weighted by Gasteiger charge is -2.10. The van der Waals surface area contributed by atoms with Gasteiger partial charge in [-0.25, -0.2) is 4.98 Å². The highest BCUT2D eigenvalue weighted by Crippen LogP contribution is 2.21. The van der Waals surface area contributed by atoms with E-state index in [9.17, 15) is 5.11 Å². The Morgan fingerprint density at radius 1 is 1.33 bits per heavy atom. The molecular weight excluding hydrogens is 330 g/mol.